The molecule has 0 aliphatic carbocycles. The predicted molar refractivity (Wildman–Crippen MR) is 140 cm³/mol. The van der Waals surface area contributed by atoms with Crippen molar-refractivity contribution in [2.24, 2.45) is 0 Å². The minimum Gasteiger partial charge on any atom is -0.496 e. The van der Waals surface area contributed by atoms with Crippen LogP contribution in [0.2, 0.25) is 0 Å². The summed E-state index contributed by atoms with van der Waals surface area (Å²) in [6, 6.07) is 5.30. The number of nitrogens with zero attached hydrogens (tertiary/aromatic N) is 2. The lowest BCUT2D eigenvalue weighted by Gasteiger charge is -2.23. The third-order valence-corrected chi connectivity index (χ3v) is 6.73. The van der Waals surface area contributed by atoms with Crippen molar-refractivity contribution >= 4 is 34.5 Å². The third-order valence-electron chi connectivity index (χ3n) is 5.75. The van der Waals surface area contributed by atoms with Crippen molar-refractivity contribution in [2.45, 2.75) is 58.1 Å². The smallest absolute Gasteiger partial charge is 0.293 e. The fourth-order valence-corrected chi connectivity index (χ4v) is 4.65. The van der Waals surface area contributed by atoms with Crippen LogP contribution in [0.15, 0.2) is 18.2 Å². The van der Waals surface area contributed by atoms with Crippen molar-refractivity contribution in [1.29, 1.82) is 0 Å². The molecule has 0 aliphatic rings. The maximum atomic E-state index is 11.8. The summed E-state index contributed by atoms with van der Waals surface area (Å²) >= 11 is 0. The highest BCUT2D eigenvalue weighted by molar-refractivity contribution is 7.90. The van der Waals surface area contributed by atoms with Crippen LogP contribution in [-0.2, 0) is 48.3 Å². The van der Waals surface area contributed by atoms with Gasteiger partial charge in [0.15, 0.2) is 0 Å². The Kier molecular flexibility index (Phi) is 12.1. The Labute approximate surface area is 218 Å². The molecule has 0 bridgehead atoms. The number of unbranched alkanes of at least 4 members (excludes halogenated alkanes) is 1. The van der Waals surface area contributed by atoms with E-state index >= 15 is 0 Å². The van der Waals surface area contributed by atoms with Crippen molar-refractivity contribution in [3.05, 3.63) is 40.6 Å². The first-order valence-electron chi connectivity index (χ1n) is 12.1. The number of sulfone groups is 1. The maximum Gasteiger partial charge on any atom is 0.293 e. The van der Waals surface area contributed by atoms with Gasteiger partial charge in [0.1, 0.15) is 28.0 Å². The van der Waals surface area contributed by atoms with Crippen molar-refractivity contribution in [3.63, 3.8) is 0 Å². The highest BCUT2D eigenvalue weighted by atomic mass is 32.2. The van der Waals surface area contributed by atoms with Gasteiger partial charge in [-0.2, -0.15) is 4.98 Å². The summed E-state index contributed by atoms with van der Waals surface area (Å²) < 4.78 is 39.0. The molecule has 0 saturated carbocycles. The van der Waals surface area contributed by atoms with Crippen LogP contribution in [0, 0.1) is 0 Å². The van der Waals surface area contributed by atoms with E-state index in [0.717, 1.165) is 36.0 Å². The Morgan fingerprint density at radius 2 is 1.89 bits per heavy atom. The summed E-state index contributed by atoms with van der Waals surface area (Å²) in [6.45, 7) is 3.03. The minimum absolute atomic E-state index is 0.0386. The molecule has 0 radical (unpaired) electrons. The van der Waals surface area contributed by atoms with E-state index in [4.69, 9.17) is 19.9 Å². The van der Waals surface area contributed by atoms with Crippen LogP contribution in [0.25, 0.3) is 0 Å². The van der Waals surface area contributed by atoms with Crippen LogP contribution >= 0.6 is 0 Å². The monoisotopic (exact) mass is 536 g/mol. The number of methoxy groups -OCH3 is 1. The zero-order valence-corrected chi connectivity index (χ0v) is 22.4. The number of aromatic nitrogens is 2. The molecule has 1 atom stereocenters. The third kappa shape index (κ3) is 10.2. The summed E-state index contributed by atoms with van der Waals surface area (Å²) in [7, 11) is -1.59. The van der Waals surface area contributed by atoms with Crippen molar-refractivity contribution in [3.8, 4) is 5.75 Å². The topological polar surface area (TPSA) is 160 Å². The van der Waals surface area contributed by atoms with Gasteiger partial charge in [-0.05, 0) is 36.1 Å². The number of benzene rings is 1. The fraction of sp³-hybridized carbons (Fsp3) is 0.520. The second kappa shape index (κ2) is 15.0. The summed E-state index contributed by atoms with van der Waals surface area (Å²) in [6.07, 6.45) is 4.88. The molecule has 37 heavy (non-hydrogen) atoms. The largest absolute Gasteiger partial charge is 0.496 e. The molecule has 0 aliphatic heterocycles. The molecule has 0 spiro atoms. The van der Waals surface area contributed by atoms with Crippen LogP contribution in [-0.4, -0.2) is 63.1 Å². The normalized spacial score (nSPS) is 12.0. The number of ether oxygens (including phenoxy) is 3. The van der Waals surface area contributed by atoms with Gasteiger partial charge < -0.3 is 25.3 Å². The zero-order valence-electron chi connectivity index (χ0n) is 21.6. The Balaban J connectivity index is 2.52. The average molecular weight is 537 g/mol. The molecule has 1 aromatic carbocycles. The van der Waals surface area contributed by atoms with Gasteiger partial charge in [-0.25, -0.2) is 13.4 Å². The summed E-state index contributed by atoms with van der Waals surface area (Å²) in [5.74, 6) is 1.19. The van der Waals surface area contributed by atoms with Crippen LogP contribution in [0.4, 0.5) is 11.8 Å². The molecule has 1 heterocycles. The number of anilines is 2. The van der Waals surface area contributed by atoms with Gasteiger partial charge in [-0.1, -0.05) is 25.8 Å². The summed E-state index contributed by atoms with van der Waals surface area (Å²) in [5.41, 5.74) is 8.91. The van der Waals surface area contributed by atoms with E-state index in [1.807, 2.05) is 6.07 Å². The second-order valence-corrected chi connectivity index (χ2v) is 11.0. The number of rotatable bonds is 18. The first-order valence-corrected chi connectivity index (χ1v) is 14.1. The van der Waals surface area contributed by atoms with Gasteiger partial charge in [-0.3, -0.25) is 9.59 Å². The molecule has 2 rings (SSSR count). The summed E-state index contributed by atoms with van der Waals surface area (Å²) in [5, 5.41) is 3.42. The fourth-order valence-electron chi connectivity index (χ4n) is 3.93. The number of nitrogens with two attached hydrogens (primary N) is 1. The van der Waals surface area contributed by atoms with Gasteiger partial charge in [-0.15, -0.1) is 0 Å². The molecule has 0 fully saturated rings. The number of carbonyl (C=O) groups is 2. The first-order chi connectivity index (χ1) is 17.7. The molecule has 0 saturated heterocycles. The molecular weight excluding hydrogens is 500 g/mol. The Morgan fingerprint density at radius 3 is 2.54 bits per heavy atom. The van der Waals surface area contributed by atoms with Crippen molar-refractivity contribution < 1.29 is 32.2 Å². The SMILES string of the molecule is CCCC[C@@H](CCS(C)(=O)=O)Nc1nc(N)nc(CCOC=O)c1Cc1cc(COC=O)ccc1OC. The van der Waals surface area contributed by atoms with Gasteiger partial charge in [0, 0.05) is 30.7 Å². The summed E-state index contributed by atoms with van der Waals surface area (Å²) in [4.78, 5) is 30.2. The second-order valence-electron chi connectivity index (χ2n) is 8.70. The predicted octanol–water partition coefficient (Wildman–Crippen LogP) is 2.45. The lowest BCUT2D eigenvalue weighted by molar-refractivity contribution is -0.130. The Morgan fingerprint density at radius 1 is 1.14 bits per heavy atom. The Bertz CT molecular complexity index is 1140. The molecule has 0 unspecified atom stereocenters. The van der Waals surface area contributed by atoms with Crippen LogP contribution in [0.1, 0.15) is 55.0 Å². The quantitative estimate of drug-likeness (QED) is 0.213. The van der Waals surface area contributed by atoms with Crippen molar-refractivity contribution in [2.75, 3.05) is 36.8 Å². The van der Waals surface area contributed by atoms with E-state index in [1.165, 1.54) is 6.26 Å². The van der Waals surface area contributed by atoms with Gasteiger partial charge in [0.25, 0.3) is 12.9 Å². The number of nitrogens with one attached hydrogen (secondary N) is 1. The number of nitrogen functional groups attached to an aromatic ring is 1. The molecule has 12 heteroatoms. The van der Waals surface area contributed by atoms with E-state index in [9.17, 15) is 18.0 Å². The highest BCUT2D eigenvalue weighted by Crippen LogP contribution is 2.29. The molecule has 2 aromatic rings. The standard InChI is InChI=1S/C25H36N4O7S/c1-4-5-6-20(10-12-37(3,32)33)27-24-21(22(9-11-35-16-30)28-25(26)29-24)14-19-13-18(15-36-17-31)7-8-23(19)34-2/h7-8,13,16-17,20H,4-6,9-12,14-15H2,1-3H3,(H3,26,27,28,29)/t20-/m0/s1. The molecule has 204 valence electrons. The van der Waals surface area contributed by atoms with E-state index in [-0.39, 0.29) is 31.0 Å². The van der Waals surface area contributed by atoms with E-state index in [1.54, 1.807) is 19.2 Å². The lowest BCUT2D eigenvalue weighted by Crippen LogP contribution is -2.25. The van der Waals surface area contributed by atoms with Gasteiger partial charge >= 0.3 is 0 Å². The minimum atomic E-state index is -3.15. The highest BCUT2D eigenvalue weighted by Gasteiger charge is 2.20. The van der Waals surface area contributed by atoms with E-state index in [0.29, 0.717) is 49.5 Å². The van der Waals surface area contributed by atoms with Crippen LogP contribution in [0.3, 0.4) is 0 Å². The maximum absolute atomic E-state index is 11.8. The lowest BCUT2D eigenvalue weighted by atomic mass is 9.99. The van der Waals surface area contributed by atoms with E-state index in [2.05, 4.69) is 22.2 Å². The van der Waals surface area contributed by atoms with Gasteiger partial charge in [0.05, 0.1) is 25.2 Å². The number of hydrogen-bond donors (Lipinski definition) is 2. The average Bonchev–Trinajstić information content (AvgIpc) is 2.85. The number of hydrogen-bond acceptors (Lipinski definition) is 11. The molecule has 1 aromatic heterocycles. The molecule has 0 amide bonds. The van der Waals surface area contributed by atoms with E-state index < -0.39 is 9.84 Å². The first kappa shape index (κ1) is 29.8. The zero-order chi connectivity index (χ0) is 27.3. The molecule has 3 N–H and O–H groups in total. The van der Waals surface area contributed by atoms with Crippen molar-refractivity contribution in [1.82, 2.24) is 9.97 Å². The van der Waals surface area contributed by atoms with Crippen LogP contribution < -0.4 is 15.8 Å². The van der Waals surface area contributed by atoms with Gasteiger partial charge in [0.2, 0.25) is 5.95 Å². The molecule has 11 nitrogen and oxygen atoms in total. The Hall–Kier alpha value is -3.41. The van der Waals surface area contributed by atoms with Crippen LogP contribution in [0.5, 0.6) is 5.75 Å². The molecular formula is C25H36N4O7S. The number of carbonyl (C=O) groups excluding carboxylic acids is 2.